The van der Waals surface area contributed by atoms with Crippen molar-refractivity contribution in [3.05, 3.63) is 45.6 Å². The Morgan fingerprint density at radius 1 is 1.09 bits per heavy atom. The summed E-state index contributed by atoms with van der Waals surface area (Å²) in [4.78, 5) is 78.1. The molecule has 4 rings (SSSR count). The third-order valence-corrected chi connectivity index (χ3v) is 8.20. The van der Waals surface area contributed by atoms with Crippen LogP contribution in [0, 0.1) is 0 Å². The smallest absolute Gasteiger partial charge is 0.414 e. The lowest BCUT2D eigenvalue weighted by Gasteiger charge is -2.27. The normalized spacial score (nSPS) is 17.3. The van der Waals surface area contributed by atoms with Crippen molar-refractivity contribution >= 4 is 70.0 Å². The number of benzene rings is 1. The molecule has 2 aliphatic rings. The Labute approximate surface area is 261 Å². The molecule has 16 heteroatoms. The topological polar surface area (TPSA) is 189 Å². The van der Waals surface area contributed by atoms with Gasteiger partial charge in [0.1, 0.15) is 12.7 Å². The number of nitrogens with zero attached hydrogens (tertiary/aromatic N) is 3. The minimum absolute atomic E-state index is 0.00689. The number of primary amides is 1. The maximum atomic E-state index is 13.3. The fraction of sp³-hybridized carbons (Fsp3) is 0.429. The van der Waals surface area contributed by atoms with Crippen LogP contribution in [0.4, 0.5) is 16.2 Å². The number of morpholine rings is 1. The van der Waals surface area contributed by atoms with Gasteiger partial charge in [-0.05, 0) is 55.8 Å². The largest absolute Gasteiger partial charge is 0.481 e. The molecule has 236 valence electrons. The molecule has 0 saturated carbocycles. The van der Waals surface area contributed by atoms with E-state index >= 15 is 0 Å². The third kappa shape index (κ3) is 8.53. The van der Waals surface area contributed by atoms with E-state index in [0.717, 1.165) is 16.2 Å². The van der Waals surface area contributed by atoms with E-state index in [2.05, 4.69) is 5.32 Å². The van der Waals surface area contributed by atoms with Crippen molar-refractivity contribution < 1.29 is 43.3 Å². The number of anilines is 2. The van der Waals surface area contributed by atoms with Crippen molar-refractivity contribution in [2.75, 3.05) is 49.2 Å². The number of halogens is 1. The van der Waals surface area contributed by atoms with Crippen molar-refractivity contribution in [1.82, 2.24) is 10.2 Å². The van der Waals surface area contributed by atoms with Crippen molar-refractivity contribution in [3.63, 3.8) is 0 Å². The summed E-state index contributed by atoms with van der Waals surface area (Å²) >= 11 is 7.03. The van der Waals surface area contributed by atoms with Gasteiger partial charge in [0.15, 0.2) is 0 Å². The van der Waals surface area contributed by atoms with Crippen molar-refractivity contribution in [3.8, 4) is 0 Å². The van der Waals surface area contributed by atoms with Gasteiger partial charge in [-0.2, -0.15) is 0 Å². The maximum Gasteiger partial charge on any atom is 0.414 e. The molecule has 2 atom stereocenters. The lowest BCUT2D eigenvalue weighted by atomic mass is 10.1. The number of hydrogen-bond acceptors (Lipinski definition) is 10. The van der Waals surface area contributed by atoms with Gasteiger partial charge in [-0.1, -0.05) is 11.6 Å². The molecule has 1 aromatic carbocycles. The van der Waals surface area contributed by atoms with Crippen LogP contribution in [0.2, 0.25) is 4.34 Å². The number of carboxylic acids is 1. The predicted molar refractivity (Wildman–Crippen MR) is 160 cm³/mol. The van der Waals surface area contributed by atoms with Crippen LogP contribution >= 0.6 is 22.9 Å². The highest BCUT2D eigenvalue weighted by Gasteiger charge is 2.36. The van der Waals surface area contributed by atoms with Crippen molar-refractivity contribution in [2.45, 2.75) is 37.8 Å². The van der Waals surface area contributed by atoms with Gasteiger partial charge >= 0.3 is 12.1 Å². The Kier molecular flexibility index (Phi) is 11.3. The zero-order valence-corrected chi connectivity index (χ0v) is 25.2. The highest BCUT2D eigenvalue weighted by molar-refractivity contribution is 7.18. The lowest BCUT2D eigenvalue weighted by Crippen LogP contribution is -2.43. The average molecular weight is 650 g/mol. The van der Waals surface area contributed by atoms with Gasteiger partial charge in [-0.25, -0.2) is 4.79 Å². The third-order valence-electron chi connectivity index (χ3n) is 6.98. The maximum absolute atomic E-state index is 13.3. The van der Waals surface area contributed by atoms with Crippen LogP contribution in [0.15, 0.2) is 36.4 Å². The molecule has 5 amide bonds. The van der Waals surface area contributed by atoms with Gasteiger partial charge in [0.2, 0.25) is 11.8 Å². The summed E-state index contributed by atoms with van der Waals surface area (Å²) in [6, 6.07) is 8.85. The van der Waals surface area contributed by atoms with E-state index in [4.69, 9.17) is 31.9 Å². The molecule has 1 aromatic heterocycles. The summed E-state index contributed by atoms with van der Waals surface area (Å²) < 4.78 is 11.1. The summed E-state index contributed by atoms with van der Waals surface area (Å²) in [5, 5.41) is 11.7. The molecule has 0 radical (unpaired) electrons. The van der Waals surface area contributed by atoms with Crippen LogP contribution in [0.25, 0.3) is 0 Å². The Morgan fingerprint density at radius 2 is 1.80 bits per heavy atom. The molecule has 4 N–H and O–H groups in total. The minimum atomic E-state index is -1.17. The van der Waals surface area contributed by atoms with Gasteiger partial charge in [0.05, 0.1) is 41.4 Å². The number of imide groups is 1. The second-order valence-electron chi connectivity index (χ2n) is 10.1. The number of aliphatic carboxylic acids is 1. The predicted octanol–water partition coefficient (Wildman–Crippen LogP) is 1.85. The zero-order valence-electron chi connectivity index (χ0n) is 23.6. The molecule has 2 saturated heterocycles. The second-order valence-corrected chi connectivity index (χ2v) is 11.8. The molecule has 0 bridgehead atoms. The summed E-state index contributed by atoms with van der Waals surface area (Å²) in [5.41, 5.74) is 6.43. The Hall–Kier alpha value is -4.05. The average Bonchev–Trinajstić information content (AvgIpc) is 3.59. The first kappa shape index (κ1) is 32.9. The SMILES string of the molecule is NC(=O)[C@H](CC(=O)O)NCCCCC(=O)N(C[C@H]1CN(c2ccc(N3CCOCC3=O)cc2)C(=O)O1)C(=O)c1ccc(Cl)s1. The summed E-state index contributed by atoms with van der Waals surface area (Å²) in [6.45, 7) is 0.992. The standard InChI is InChI=1S/C28H32ClN5O9S/c29-22-9-8-21(44-22)27(40)34(23(35)3-1-2-10-31-20(26(30)39)13-25(37)38)15-19-14-33(28(41)43-19)18-6-4-17(5-7-18)32-11-12-42-16-24(32)36/h4-9,19-20,31H,1-3,10-16H2,(H2,30,39)(H,37,38)/t19-,20+/m1/s1. The summed E-state index contributed by atoms with van der Waals surface area (Å²) in [7, 11) is 0. The van der Waals surface area contributed by atoms with E-state index < -0.39 is 48.4 Å². The van der Waals surface area contributed by atoms with E-state index in [0.29, 0.717) is 41.7 Å². The number of cyclic esters (lactones) is 1. The number of unbranched alkanes of at least 4 members (excludes halogenated alkanes) is 1. The lowest BCUT2D eigenvalue weighted by molar-refractivity contribution is -0.139. The van der Waals surface area contributed by atoms with E-state index in [1.807, 2.05) is 0 Å². The van der Waals surface area contributed by atoms with E-state index in [-0.39, 0.29) is 43.4 Å². The van der Waals surface area contributed by atoms with Crippen LogP contribution in [0.3, 0.4) is 0 Å². The molecule has 14 nitrogen and oxygen atoms in total. The molecule has 0 spiro atoms. The van der Waals surface area contributed by atoms with E-state index in [1.165, 1.54) is 11.0 Å². The molecular formula is C28H32ClN5O9S. The van der Waals surface area contributed by atoms with Crippen molar-refractivity contribution in [1.29, 1.82) is 0 Å². The number of carbonyl (C=O) groups is 6. The van der Waals surface area contributed by atoms with Gasteiger partial charge in [0, 0.05) is 24.3 Å². The summed E-state index contributed by atoms with van der Waals surface area (Å²) in [5.74, 6) is -3.19. The molecule has 0 aliphatic carbocycles. The minimum Gasteiger partial charge on any atom is -0.481 e. The second kappa shape index (κ2) is 15.1. The number of rotatable bonds is 14. The highest BCUT2D eigenvalue weighted by atomic mass is 35.5. The fourth-order valence-corrected chi connectivity index (χ4v) is 5.75. The van der Waals surface area contributed by atoms with E-state index in [1.54, 1.807) is 35.2 Å². The number of thiophene rings is 1. The van der Waals surface area contributed by atoms with Crippen LogP contribution in [0.5, 0.6) is 0 Å². The molecule has 2 aromatic rings. The number of carbonyl (C=O) groups excluding carboxylic acids is 5. The first-order valence-corrected chi connectivity index (χ1v) is 15.0. The van der Waals surface area contributed by atoms with Gasteiger partial charge < -0.3 is 30.5 Å². The number of nitrogens with one attached hydrogen (secondary N) is 1. The molecule has 3 heterocycles. The summed E-state index contributed by atoms with van der Waals surface area (Å²) in [6.07, 6.45) is -1.21. The first-order chi connectivity index (χ1) is 21.0. The Bertz CT molecular complexity index is 1400. The quantitative estimate of drug-likeness (QED) is 0.255. The van der Waals surface area contributed by atoms with Crippen LogP contribution in [-0.4, -0.2) is 97.2 Å². The highest BCUT2D eigenvalue weighted by Crippen LogP contribution is 2.27. The molecule has 2 aliphatic heterocycles. The van der Waals surface area contributed by atoms with Crippen LogP contribution in [0.1, 0.15) is 35.4 Å². The van der Waals surface area contributed by atoms with E-state index in [9.17, 15) is 28.8 Å². The molecular weight excluding hydrogens is 618 g/mol. The van der Waals surface area contributed by atoms with Crippen molar-refractivity contribution in [2.24, 2.45) is 5.73 Å². The van der Waals surface area contributed by atoms with Gasteiger partial charge in [-0.3, -0.25) is 33.8 Å². The van der Waals surface area contributed by atoms with Crippen LogP contribution in [-0.2, 0) is 28.7 Å². The zero-order chi connectivity index (χ0) is 31.8. The number of ether oxygens (including phenoxy) is 2. The molecule has 2 fully saturated rings. The first-order valence-electron chi connectivity index (χ1n) is 13.8. The number of carboxylic acid groups (broad SMARTS) is 1. The molecule has 0 unspecified atom stereocenters. The Morgan fingerprint density at radius 3 is 2.41 bits per heavy atom. The van der Waals surface area contributed by atoms with Gasteiger partial charge in [-0.15, -0.1) is 11.3 Å². The number of amides is 5. The monoisotopic (exact) mass is 649 g/mol. The number of nitrogens with two attached hydrogens (primary N) is 1. The molecule has 44 heavy (non-hydrogen) atoms. The van der Waals surface area contributed by atoms with Crippen LogP contribution < -0.4 is 20.9 Å². The number of hydrogen-bond donors (Lipinski definition) is 3. The van der Waals surface area contributed by atoms with Gasteiger partial charge in [0.25, 0.3) is 11.8 Å². The Balaban J connectivity index is 1.37. The fourth-order valence-electron chi connectivity index (χ4n) is 4.76.